The van der Waals surface area contributed by atoms with Crippen molar-refractivity contribution in [3.8, 4) is 0 Å². The molecule has 0 unspecified atom stereocenters. The Labute approximate surface area is 147 Å². The van der Waals surface area contributed by atoms with Gasteiger partial charge in [0.1, 0.15) is 0 Å². The Morgan fingerprint density at radius 3 is 2.40 bits per heavy atom. The monoisotopic (exact) mass is 390 g/mol. The number of hydrogen-bond acceptors (Lipinski definition) is 6. The largest absolute Gasteiger partial charge is 0.395 e. The molecule has 0 saturated carbocycles. The molecule has 1 amide bonds. The predicted molar refractivity (Wildman–Crippen MR) is 93.1 cm³/mol. The van der Waals surface area contributed by atoms with Gasteiger partial charge in [-0.2, -0.15) is 0 Å². The summed E-state index contributed by atoms with van der Waals surface area (Å²) in [4.78, 5) is 12.4. The molecule has 1 saturated heterocycles. The molecule has 1 heterocycles. The number of hydrogen-bond donors (Lipinski definition) is 2. The Morgan fingerprint density at radius 1 is 1.36 bits per heavy atom. The second-order valence-electron chi connectivity index (χ2n) is 6.86. The van der Waals surface area contributed by atoms with Crippen LogP contribution in [0.2, 0.25) is 0 Å². The molecule has 1 aliphatic heterocycles. The summed E-state index contributed by atoms with van der Waals surface area (Å²) in [6.07, 6.45) is 0. The number of aliphatic hydroxyl groups excluding tert-OH is 1. The van der Waals surface area contributed by atoms with Crippen LogP contribution in [0.5, 0.6) is 0 Å². The number of carbonyl (C=O) groups excluding carboxylic acids is 1. The summed E-state index contributed by atoms with van der Waals surface area (Å²) in [5, 5.41) is 9.00. The maximum atomic E-state index is 12.4. The summed E-state index contributed by atoms with van der Waals surface area (Å²) in [5.41, 5.74) is -0.625. The van der Waals surface area contributed by atoms with E-state index in [0.717, 1.165) is 4.31 Å². The van der Waals surface area contributed by atoms with Crippen molar-refractivity contribution in [3.63, 3.8) is 0 Å². The molecule has 0 aliphatic carbocycles. The van der Waals surface area contributed by atoms with E-state index < -0.39 is 37.4 Å². The lowest BCUT2D eigenvalue weighted by Gasteiger charge is -2.19. The van der Waals surface area contributed by atoms with Crippen LogP contribution in [0.15, 0.2) is 23.1 Å². The fraction of sp³-hybridized carbons (Fsp3) is 0.533. The highest BCUT2D eigenvalue weighted by atomic mass is 32.2. The lowest BCUT2D eigenvalue weighted by atomic mass is 9.95. The summed E-state index contributed by atoms with van der Waals surface area (Å²) < 4.78 is 52.3. The first-order valence-corrected chi connectivity index (χ1v) is 10.7. The number of amides is 1. The summed E-state index contributed by atoms with van der Waals surface area (Å²) in [7, 11) is -7.67. The van der Waals surface area contributed by atoms with Gasteiger partial charge in [0.25, 0.3) is 0 Å². The van der Waals surface area contributed by atoms with Gasteiger partial charge in [0, 0.05) is 6.04 Å². The van der Waals surface area contributed by atoms with Crippen molar-refractivity contribution < 1.29 is 26.7 Å². The number of aryl methyl sites for hydroxylation is 1. The molecule has 25 heavy (non-hydrogen) atoms. The number of sulfonamides is 2. The number of rotatable bonds is 5. The van der Waals surface area contributed by atoms with Crippen LogP contribution in [0.4, 0.5) is 5.69 Å². The summed E-state index contributed by atoms with van der Waals surface area (Å²) in [6, 6.07) is 3.24. The molecule has 0 bridgehead atoms. The zero-order chi connectivity index (χ0) is 19.2. The van der Waals surface area contributed by atoms with Gasteiger partial charge in [-0.15, -0.1) is 0 Å². The van der Waals surface area contributed by atoms with Crippen LogP contribution in [-0.2, 0) is 24.8 Å². The maximum Gasteiger partial charge on any atom is 0.247 e. The molecule has 8 nitrogen and oxygen atoms in total. The first kappa shape index (κ1) is 19.8. The molecular weight excluding hydrogens is 368 g/mol. The number of anilines is 1. The van der Waals surface area contributed by atoms with Crippen LogP contribution >= 0.6 is 0 Å². The van der Waals surface area contributed by atoms with Crippen molar-refractivity contribution >= 4 is 31.6 Å². The van der Waals surface area contributed by atoms with Gasteiger partial charge < -0.3 is 5.11 Å². The van der Waals surface area contributed by atoms with Crippen LogP contribution in [0.1, 0.15) is 26.3 Å². The van der Waals surface area contributed by atoms with Gasteiger partial charge in [0.2, 0.25) is 26.0 Å². The molecule has 1 atom stereocenters. The second-order valence-corrected chi connectivity index (χ2v) is 10.4. The third-order valence-corrected chi connectivity index (χ3v) is 7.67. The van der Waals surface area contributed by atoms with Crippen LogP contribution in [-0.4, -0.2) is 46.3 Å². The molecule has 140 valence electrons. The highest BCUT2D eigenvalue weighted by Crippen LogP contribution is 2.36. The molecule has 2 rings (SSSR count). The number of carbonyl (C=O) groups is 1. The van der Waals surface area contributed by atoms with Gasteiger partial charge in [-0.1, -0.05) is 0 Å². The van der Waals surface area contributed by atoms with E-state index in [1.54, 1.807) is 13.8 Å². The fourth-order valence-corrected chi connectivity index (χ4v) is 6.25. The molecule has 1 fully saturated rings. The van der Waals surface area contributed by atoms with Crippen LogP contribution < -0.4 is 9.03 Å². The zero-order valence-electron chi connectivity index (χ0n) is 14.5. The minimum absolute atomic E-state index is 0.0418. The van der Waals surface area contributed by atoms with Gasteiger partial charge in [-0.25, -0.2) is 25.9 Å². The van der Waals surface area contributed by atoms with Crippen LogP contribution in [0.25, 0.3) is 0 Å². The second kappa shape index (κ2) is 6.35. The average molecular weight is 390 g/mol. The minimum Gasteiger partial charge on any atom is -0.395 e. The molecular formula is C15H22N2O6S2. The SMILES string of the molecule is Cc1cc(N2C(=O)C(C)(C)CS2(=O)=O)ccc1S(=O)(=O)N[C@@H](C)CO. The molecule has 2 N–H and O–H groups in total. The Balaban J connectivity index is 2.46. The lowest BCUT2D eigenvalue weighted by molar-refractivity contribution is -0.123. The van der Waals surface area contributed by atoms with E-state index in [9.17, 15) is 21.6 Å². The molecule has 1 aromatic rings. The van der Waals surface area contributed by atoms with Crippen LogP contribution in [0, 0.1) is 12.3 Å². The zero-order valence-corrected chi connectivity index (χ0v) is 16.1. The van der Waals surface area contributed by atoms with Crippen molar-refractivity contribution in [3.05, 3.63) is 23.8 Å². The lowest BCUT2D eigenvalue weighted by Crippen LogP contribution is -2.35. The number of nitrogens with one attached hydrogen (secondary N) is 1. The van der Waals surface area contributed by atoms with E-state index in [4.69, 9.17) is 5.11 Å². The third kappa shape index (κ3) is 3.71. The summed E-state index contributed by atoms with van der Waals surface area (Å²) >= 11 is 0. The first-order chi connectivity index (χ1) is 11.3. The van der Waals surface area contributed by atoms with E-state index in [1.807, 2.05) is 0 Å². The average Bonchev–Trinajstić information content (AvgIpc) is 2.61. The van der Waals surface area contributed by atoms with E-state index in [-0.39, 0.29) is 22.9 Å². The van der Waals surface area contributed by atoms with Crippen molar-refractivity contribution in [2.45, 2.75) is 38.6 Å². The molecule has 0 aromatic heterocycles. The van der Waals surface area contributed by atoms with Gasteiger partial charge in [-0.05, 0) is 51.5 Å². The number of aliphatic hydroxyl groups is 1. The third-order valence-electron chi connectivity index (χ3n) is 3.90. The fourth-order valence-electron chi connectivity index (χ4n) is 2.69. The van der Waals surface area contributed by atoms with Gasteiger partial charge in [-0.3, -0.25) is 4.79 Å². The predicted octanol–water partition coefficient (Wildman–Crippen LogP) is 0.357. The highest BCUT2D eigenvalue weighted by Gasteiger charge is 2.50. The highest BCUT2D eigenvalue weighted by molar-refractivity contribution is 7.94. The molecule has 1 aromatic carbocycles. The quantitative estimate of drug-likeness (QED) is 0.749. The van der Waals surface area contributed by atoms with E-state index in [0.29, 0.717) is 5.56 Å². The molecule has 0 radical (unpaired) electrons. The smallest absolute Gasteiger partial charge is 0.247 e. The Bertz CT molecular complexity index is 906. The van der Waals surface area contributed by atoms with Gasteiger partial charge in [0.15, 0.2) is 0 Å². The topological polar surface area (TPSA) is 121 Å². The van der Waals surface area contributed by atoms with Crippen molar-refractivity contribution in [2.75, 3.05) is 16.7 Å². The number of benzene rings is 1. The number of nitrogens with zero attached hydrogens (tertiary/aromatic N) is 1. The summed E-state index contributed by atoms with van der Waals surface area (Å²) in [6.45, 7) is 5.78. The van der Waals surface area contributed by atoms with Gasteiger partial charge in [0.05, 0.1) is 28.4 Å². The minimum atomic E-state index is -3.87. The Hall–Kier alpha value is -1.49. The van der Waals surface area contributed by atoms with Crippen LogP contribution in [0.3, 0.4) is 0 Å². The van der Waals surface area contributed by atoms with Crippen molar-refractivity contribution in [1.29, 1.82) is 0 Å². The van der Waals surface area contributed by atoms with E-state index in [1.165, 1.54) is 32.0 Å². The first-order valence-electron chi connectivity index (χ1n) is 7.63. The van der Waals surface area contributed by atoms with Gasteiger partial charge >= 0.3 is 0 Å². The van der Waals surface area contributed by atoms with Crippen molar-refractivity contribution in [2.24, 2.45) is 5.41 Å². The summed E-state index contributed by atoms with van der Waals surface area (Å²) in [5.74, 6) is -0.845. The molecule has 1 aliphatic rings. The Morgan fingerprint density at radius 2 is 1.96 bits per heavy atom. The normalized spacial score (nSPS) is 20.7. The van der Waals surface area contributed by atoms with E-state index in [2.05, 4.69) is 4.72 Å². The molecule has 10 heteroatoms. The Kier molecular flexibility index (Phi) is 5.03. The standard InChI is InChI=1S/C15H22N2O6S2/c1-10-7-12(17-14(19)15(3,4)9-24(17,20)21)5-6-13(10)25(22,23)16-11(2)8-18/h5-7,11,16,18H,8-9H2,1-4H3/t11-/m0/s1. The van der Waals surface area contributed by atoms with E-state index >= 15 is 0 Å². The molecule has 0 spiro atoms. The maximum absolute atomic E-state index is 12.4. The van der Waals surface area contributed by atoms with Crippen molar-refractivity contribution in [1.82, 2.24) is 4.72 Å².